The van der Waals surface area contributed by atoms with Crippen LogP contribution in [0.2, 0.25) is 0 Å². The van der Waals surface area contributed by atoms with Crippen LogP contribution in [0, 0.1) is 11.3 Å². The molecule has 1 aromatic carbocycles. The maximum absolute atomic E-state index is 6.45. The first-order chi connectivity index (χ1) is 14.7. The summed E-state index contributed by atoms with van der Waals surface area (Å²) in [5, 5.41) is 13.2. The Morgan fingerprint density at radius 2 is 1.81 bits per heavy atom. The van der Waals surface area contributed by atoms with Crippen molar-refractivity contribution in [2.24, 2.45) is 11.3 Å². The zero-order chi connectivity index (χ0) is 20.6. The minimum atomic E-state index is 0. The van der Waals surface area contributed by atoms with Crippen molar-refractivity contribution in [3.63, 3.8) is 0 Å². The first kappa shape index (κ1) is 24.2. The van der Waals surface area contributed by atoms with Crippen LogP contribution >= 0.6 is 24.8 Å². The number of hydrogen-bond acceptors (Lipinski definition) is 5. The van der Waals surface area contributed by atoms with E-state index in [2.05, 4.69) is 41.5 Å². The Morgan fingerprint density at radius 1 is 1.00 bits per heavy atom. The standard InChI is InChI=1S/C24H27N5O.2ClH/c1-17(2)24(11-13-25-14-12-24)16-30-20-7-5-6-18-9-10-19(26-22(18)20)23-28-27-21-8-3-4-15-29(21)23;;/h3-10,15,17,25H,11-14,16H2,1-2H3;2*1H. The van der Waals surface area contributed by atoms with Crippen molar-refractivity contribution >= 4 is 41.4 Å². The number of rotatable bonds is 5. The third kappa shape index (κ3) is 4.40. The number of aromatic nitrogens is 4. The predicted octanol–water partition coefficient (Wildman–Crippen LogP) is 5.19. The second kappa shape index (κ2) is 10.0. The molecule has 32 heavy (non-hydrogen) atoms. The number of fused-ring (bicyclic) bond motifs is 2. The molecule has 5 rings (SSSR count). The van der Waals surface area contributed by atoms with Gasteiger partial charge in [0.2, 0.25) is 0 Å². The number of para-hydroxylation sites is 1. The maximum Gasteiger partial charge on any atom is 0.187 e. The number of benzene rings is 1. The molecule has 1 saturated heterocycles. The quantitative estimate of drug-likeness (QED) is 0.431. The molecule has 0 spiro atoms. The van der Waals surface area contributed by atoms with Crippen LogP contribution in [0.5, 0.6) is 5.75 Å². The Balaban J connectivity index is 0.00000144. The number of nitrogens with zero attached hydrogens (tertiary/aromatic N) is 4. The number of pyridine rings is 2. The van der Waals surface area contributed by atoms with Gasteiger partial charge < -0.3 is 10.1 Å². The van der Waals surface area contributed by atoms with Crippen LogP contribution in [0.1, 0.15) is 26.7 Å². The Bertz CT molecular complexity index is 1190. The molecule has 170 valence electrons. The largest absolute Gasteiger partial charge is 0.491 e. The summed E-state index contributed by atoms with van der Waals surface area (Å²) in [5.74, 6) is 2.14. The van der Waals surface area contributed by atoms with E-state index >= 15 is 0 Å². The molecule has 0 bridgehead atoms. The van der Waals surface area contributed by atoms with Crippen LogP contribution in [0.4, 0.5) is 0 Å². The third-order valence-electron chi connectivity index (χ3n) is 6.57. The van der Waals surface area contributed by atoms with E-state index in [1.807, 2.05) is 47.0 Å². The summed E-state index contributed by atoms with van der Waals surface area (Å²) in [7, 11) is 0. The second-order valence-electron chi connectivity index (χ2n) is 8.53. The van der Waals surface area contributed by atoms with Crippen LogP contribution in [0.3, 0.4) is 0 Å². The van der Waals surface area contributed by atoms with Crippen molar-refractivity contribution in [1.82, 2.24) is 24.9 Å². The van der Waals surface area contributed by atoms with Gasteiger partial charge in [-0.25, -0.2) is 4.98 Å². The van der Waals surface area contributed by atoms with E-state index in [0.717, 1.165) is 59.7 Å². The number of ether oxygens (including phenoxy) is 1. The smallest absolute Gasteiger partial charge is 0.187 e. The highest BCUT2D eigenvalue weighted by molar-refractivity contribution is 5.86. The summed E-state index contributed by atoms with van der Waals surface area (Å²) in [6.45, 7) is 7.44. The van der Waals surface area contributed by atoms with Crippen LogP contribution in [0.25, 0.3) is 28.1 Å². The molecule has 0 atom stereocenters. The summed E-state index contributed by atoms with van der Waals surface area (Å²) < 4.78 is 8.41. The SMILES string of the molecule is CC(C)C1(COc2cccc3ccc(-c4nnc5ccccn45)nc23)CCNCC1.Cl.Cl. The second-order valence-corrected chi connectivity index (χ2v) is 8.53. The van der Waals surface area contributed by atoms with Gasteiger partial charge in [0.25, 0.3) is 0 Å². The topological polar surface area (TPSA) is 64.3 Å². The van der Waals surface area contributed by atoms with Gasteiger partial charge in [0.1, 0.15) is 17.0 Å². The summed E-state index contributed by atoms with van der Waals surface area (Å²) in [5.41, 5.74) is 2.67. The summed E-state index contributed by atoms with van der Waals surface area (Å²) in [6.07, 6.45) is 4.24. The Hall–Kier alpha value is -2.41. The van der Waals surface area contributed by atoms with Gasteiger partial charge in [-0.2, -0.15) is 0 Å². The molecule has 4 heterocycles. The van der Waals surface area contributed by atoms with Gasteiger partial charge in [-0.1, -0.05) is 38.1 Å². The molecule has 1 fully saturated rings. The lowest BCUT2D eigenvalue weighted by Gasteiger charge is -2.40. The Labute approximate surface area is 200 Å². The highest BCUT2D eigenvalue weighted by Crippen LogP contribution is 2.38. The number of hydrogen-bond donors (Lipinski definition) is 1. The number of piperidine rings is 1. The first-order valence-corrected chi connectivity index (χ1v) is 10.7. The maximum atomic E-state index is 6.45. The predicted molar refractivity (Wildman–Crippen MR) is 133 cm³/mol. The first-order valence-electron chi connectivity index (χ1n) is 10.7. The monoisotopic (exact) mass is 473 g/mol. The average Bonchev–Trinajstić information content (AvgIpc) is 3.22. The fourth-order valence-corrected chi connectivity index (χ4v) is 4.41. The van der Waals surface area contributed by atoms with E-state index in [1.165, 1.54) is 0 Å². The molecule has 4 aromatic rings. The minimum Gasteiger partial charge on any atom is -0.491 e. The van der Waals surface area contributed by atoms with E-state index < -0.39 is 0 Å². The summed E-state index contributed by atoms with van der Waals surface area (Å²) >= 11 is 0. The van der Waals surface area contributed by atoms with Crippen molar-refractivity contribution in [2.75, 3.05) is 19.7 Å². The number of halogens is 2. The molecular weight excluding hydrogens is 445 g/mol. The summed E-state index contributed by atoms with van der Waals surface area (Å²) in [4.78, 5) is 4.94. The van der Waals surface area contributed by atoms with Gasteiger partial charge in [-0.05, 0) is 56.1 Å². The molecule has 0 amide bonds. The Morgan fingerprint density at radius 3 is 2.59 bits per heavy atom. The molecule has 8 heteroatoms. The molecule has 0 unspecified atom stereocenters. The average molecular weight is 474 g/mol. The van der Waals surface area contributed by atoms with Crippen molar-refractivity contribution in [1.29, 1.82) is 0 Å². The van der Waals surface area contributed by atoms with E-state index in [4.69, 9.17) is 9.72 Å². The van der Waals surface area contributed by atoms with Crippen LogP contribution < -0.4 is 10.1 Å². The molecule has 0 radical (unpaired) electrons. The van der Waals surface area contributed by atoms with Crippen LogP contribution in [-0.2, 0) is 0 Å². The molecule has 0 aliphatic carbocycles. The van der Waals surface area contributed by atoms with Gasteiger partial charge in [-0.15, -0.1) is 35.0 Å². The zero-order valence-electron chi connectivity index (χ0n) is 18.3. The fraction of sp³-hybridized carbons (Fsp3) is 0.375. The minimum absolute atomic E-state index is 0. The highest BCUT2D eigenvalue weighted by atomic mass is 35.5. The summed E-state index contributed by atoms with van der Waals surface area (Å²) in [6, 6.07) is 16.1. The van der Waals surface area contributed by atoms with Gasteiger partial charge in [-0.3, -0.25) is 4.40 Å². The lowest BCUT2D eigenvalue weighted by atomic mass is 9.71. The van der Waals surface area contributed by atoms with E-state index in [1.54, 1.807) is 0 Å². The van der Waals surface area contributed by atoms with E-state index in [9.17, 15) is 0 Å². The molecule has 1 aliphatic heterocycles. The Kier molecular flexibility index (Phi) is 7.59. The molecule has 1 aliphatic rings. The van der Waals surface area contributed by atoms with Crippen LogP contribution in [-0.4, -0.2) is 39.3 Å². The lowest BCUT2D eigenvalue weighted by molar-refractivity contribution is 0.0576. The molecule has 6 nitrogen and oxygen atoms in total. The molecule has 0 saturated carbocycles. The van der Waals surface area contributed by atoms with Crippen molar-refractivity contribution in [3.05, 3.63) is 54.7 Å². The number of nitrogens with one attached hydrogen (secondary N) is 1. The fourth-order valence-electron chi connectivity index (χ4n) is 4.41. The third-order valence-corrected chi connectivity index (χ3v) is 6.57. The van der Waals surface area contributed by atoms with Gasteiger partial charge in [0, 0.05) is 17.0 Å². The van der Waals surface area contributed by atoms with Crippen molar-refractivity contribution < 1.29 is 4.74 Å². The normalized spacial score (nSPS) is 15.3. The van der Waals surface area contributed by atoms with Crippen molar-refractivity contribution in [3.8, 4) is 17.3 Å². The molecular formula is C24H29Cl2N5O. The zero-order valence-corrected chi connectivity index (χ0v) is 20.0. The van der Waals surface area contributed by atoms with Crippen molar-refractivity contribution in [2.45, 2.75) is 26.7 Å². The lowest BCUT2D eigenvalue weighted by Crippen LogP contribution is -2.44. The van der Waals surface area contributed by atoms with Gasteiger partial charge in [0.15, 0.2) is 11.5 Å². The highest BCUT2D eigenvalue weighted by Gasteiger charge is 2.36. The van der Waals surface area contributed by atoms with E-state index in [-0.39, 0.29) is 30.2 Å². The van der Waals surface area contributed by atoms with Gasteiger partial charge in [0.05, 0.1) is 6.61 Å². The van der Waals surface area contributed by atoms with Gasteiger partial charge >= 0.3 is 0 Å². The molecule has 3 aromatic heterocycles. The van der Waals surface area contributed by atoms with Crippen LogP contribution in [0.15, 0.2) is 54.7 Å². The van der Waals surface area contributed by atoms with E-state index in [0.29, 0.717) is 12.5 Å². The molecule has 1 N–H and O–H groups in total.